The fourth-order valence-electron chi connectivity index (χ4n) is 5.31. The fraction of sp³-hybridized carbons (Fsp3) is 0.440. The van der Waals surface area contributed by atoms with E-state index in [0.29, 0.717) is 30.9 Å². The number of benzene rings is 2. The number of amides is 2. The Kier molecular flexibility index (Phi) is 5.61. The summed E-state index contributed by atoms with van der Waals surface area (Å²) in [6, 6.07) is 14.8. The van der Waals surface area contributed by atoms with Gasteiger partial charge in [0.2, 0.25) is 0 Å². The molecule has 32 heavy (non-hydrogen) atoms. The lowest BCUT2D eigenvalue weighted by Crippen LogP contribution is -2.47. The normalized spacial score (nSPS) is 20.3. The van der Waals surface area contributed by atoms with E-state index in [4.69, 9.17) is 5.73 Å². The Labute approximate surface area is 188 Å². The second-order valence-electron chi connectivity index (χ2n) is 9.01. The third-order valence-corrected chi connectivity index (χ3v) is 7.08. The highest BCUT2D eigenvalue weighted by Gasteiger charge is 2.34. The van der Waals surface area contributed by atoms with Crippen molar-refractivity contribution in [1.82, 2.24) is 14.4 Å². The summed E-state index contributed by atoms with van der Waals surface area (Å²) in [7, 11) is 0. The number of hydrogen-bond donors (Lipinski definition) is 2. The second-order valence-corrected chi connectivity index (χ2v) is 9.01. The number of likely N-dealkylation sites (tertiary alicyclic amines) is 2. The van der Waals surface area contributed by atoms with E-state index in [1.165, 1.54) is 5.52 Å². The molecule has 3 heterocycles. The number of hydrogen-bond acceptors (Lipinski definition) is 4. The summed E-state index contributed by atoms with van der Waals surface area (Å²) in [6.07, 6.45) is 2.92. The molecule has 2 aliphatic heterocycles. The lowest BCUT2D eigenvalue weighted by molar-refractivity contribution is -0.142. The van der Waals surface area contributed by atoms with Crippen LogP contribution in [0.25, 0.3) is 21.8 Å². The molecule has 5 rings (SSSR count). The number of aromatic nitrogens is 1. The first-order valence-electron chi connectivity index (χ1n) is 11.7. The quantitative estimate of drug-likeness (QED) is 0.622. The van der Waals surface area contributed by atoms with Crippen molar-refractivity contribution in [3.63, 3.8) is 0 Å². The first kappa shape index (κ1) is 21.0. The summed E-state index contributed by atoms with van der Waals surface area (Å²) >= 11 is 0. The summed E-state index contributed by atoms with van der Waals surface area (Å²) < 4.78 is 2.26. The summed E-state index contributed by atoms with van der Waals surface area (Å²) in [4.78, 5) is 29.7. The molecule has 2 fully saturated rings. The van der Waals surface area contributed by atoms with Gasteiger partial charge >= 0.3 is 11.8 Å². The molecule has 1 atom stereocenters. The van der Waals surface area contributed by atoms with Crippen LogP contribution in [0.15, 0.2) is 42.5 Å². The number of anilines is 1. The number of carbonyl (C=O) groups excluding carboxylic acids is 2. The second kappa shape index (κ2) is 8.56. The van der Waals surface area contributed by atoms with Crippen molar-refractivity contribution < 1.29 is 9.59 Å². The van der Waals surface area contributed by atoms with Crippen LogP contribution in [0.1, 0.15) is 26.2 Å². The maximum absolute atomic E-state index is 12.8. The summed E-state index contributed by atoms with van der Waals surface area (Å²) in [6.45, 7) is 6.19. The van der Waals surface area contributed by atoms with Crippen molar-refractivity contribution in [3.8, 4) is 0 Å². The molecule has 1 unspecified atom stereocenters. The van der Waals surface area contributed by atoms with Gasteiger partial charge in [-0.15, -0.1) is 0 Å². The van der Waals surface area contributed by atoms with E-state index in [2.05, 4.69) is 33.8 Å². The molecule has 2 amide bonds. The standard InChI is InChI=1S/C25H31N5O2/c1-2-30-22-6-4-3-5-20(22)21-15-18(7-8-23(21)30)27-24(31)25(32)29-14-11-19(16-29)28-12-9-17(26)10-13-28/h3-8,15,17,19H,2,9-14,16,26H2,1H3,(H,27,31). The van der Waals surface area contributed by atoms with Gasteiger partial charge in [-0.1, -0.05) is 18.2 Å². The predicted octanol–water partition coefficient (Wildman–Crippen LogP) is 2.78. The van der Waals surface area contributed by atoms with Crippen LogP contribution in [-0.2, 0) is 16.1 Å². The molecule has 7 nitrogen and oxygen atoms in total. The van der Waals surface area contributed by atoms with Crippen molar-refractivity contribution in [2.75, 3.05) is 31.5 Å². The van der Waals surface area contributed by atoms with Gasteiger partial charge in [0.25, 0.3) is 0 Å². The molecular formula is C25H31N5O2. The van der Waals surface area contributed by atoms with Crippen LogP contribution in [-0.4, -0.2) is 64.4 Å². The number of rotatable bonds is 3. The van der Waals surface area contributed by atoms with Gasteiger partial charge in [-0.3, -0.25) is 14.5 Å². The first-order chi connectivity index (χ1) is 15.5. The maximum atomic E-state index is 12.8. The van der Waals surface area contributed by atoms with Crippen molar-refractivity contribution >= 4 is 39.3 Å². The van der Waals surface area contributed by atoms with Crippen molar-refractivity contribution in [2.45, 2.75) is 44.8 Å². The highest BCUT2D eigenvalue weighted by Crippen LogP contribution is 2.31. The van der Waals surface area contributed by atoms with Gasteiger partial charge in [0.1, 0.15) is 0 Å². The van der Waals surface area contributed by atoms with Gasteiger partial charge in [0, 0.05) is 59.2 Å². The van der Waals surface area contributed by atoms with Crippen molar-refractivity contribution in [2.24, 2.45) is 5.73 Å². The first-order valence-corrected chi connectivity index (χ1v) is 11.7. The molecule has 2 aliphatic rings. The van der Waals surface area contributed by atoms with E-state index in [9.17, 15) is 9.59 Å². The Morgan fingerprint density at radius 2 is 1.75 bits per heavy atom. The number of para-hydroxylation sites is 1. The predicted molar refractivity (Wildman–Crippen MR) is 128 cm³/mol. The molecule has 3 N–H and O–H groups in total. The average Bonchev–Trinajstić information content (AvgIpc) is 3.42. The van der Waals surface area contributed by atoms with Gasteiger partial charge in [0.05, 0.1) is 0 Å². The van der Waals surface area contributed by atoms with Gasteiger partial charge in [-0.25, -0.2) is 0 Å². The van der Waals surface area contributed by atoms with E-state index >= 15 is 0 Å². The third-order valence-electron chi connectivity index (χ3n) is 7.08. The molecular weight excluding hydrogens is 402 g/mol. The number of aryl methyl sites for hydroxylation is 1. The van der Waals surface area contributed by atoms with Gasteiger partial charge in [0.15, 0.2) is 0 Å². The minimum atomic E-state index is -0.565. The number of piperidine rings is 1. The van der Waals surface area contributed by atoms with Gasteiger partial charge in [-0.2, -0.15) is 0 Å². The van der Waals surface area contributed by atoms with Gasteiger partial charge < -0.3 is 20.5 Å². The topological polar surface area (TPSA) is 83.6 Å². The van der Waals surface area contributed by atoms with Crippen LogP contribution >= 0.6 is 0 Å². The monoisotopic (exact) mass is 433 g/mol. The zero-order valence-corrected chi connectivity index (χ0v) is 18.6. The highest BCUT2D eigenvalue weighted by molar-refractivity contribution is 6.39. The molecule has 0 bridgehead atoms. The molecule has 168 valence electrons. The van der Waals surface area contributed by atoms with E-state index < -0.39 is 11.8 Å². The molecule has 0 aliphatic carbocycles. The number of nitrogens with two attached hydrogens (primary N) is 1. The molecule has 0 saturated carbocycles. The number of carbonyl (C=O) groups is 2. The van der Waals surface area contributed by atoms with Crippen LogP contribution in [0.5, 0.6) is 0 Å². The highest BCUT2D eigenvalue weighted by atomic mass is 16.2. The van der Waals surface area contributed by atoms with Crippen LogP contribution in [0.3, 0.4) is 0 Å². The molecule has 7 heteroatoms. The van der Waals surface area contributed by atoms with E-state index in [1.807, 2.05) is 30.3 Å². The van der Waals surface area contributed by atoms with Crippen molar-refractivity contribution in [3.05, 3.63) is 42.5 Å². The molecule has 3 aromatic rings. The molecule has 0 radical (unpaired) electrons. The molecule has 1 aromatic heterocycles. The summed E-state index contributed by atoms with van der Waals surface area (Å²) in [5.74, 6) is -1.01. The molecule has 0 spiro atoms. The third kappa shape index (κ3) is 3.76. The number of nitrogens with zero attached hydrogens (tertiary/aromatic N) is 3. The largest absolute Gasteiger partial charge is 0.341 e. The van der Waals surface area contributed by atoms with E-state index in [-0.39, 0.29) is 0 Å². The molecule has 2 aromatic carbocycles. The van der Waals surface area contributed by atoms with Crippen LogP contribution < -0.4 is 11.1 Å². The lowest BCUT2D eigenvalue weighted by atomic mass is 10.0. The maximum Gasteiger partial charge on any atom is 0.313 e. The van der Waals surface area contributed by atoms with Crippen molar-refractivity contribution in [1.29, 1.82) is 0 Å². The van der Waals surface area contributed by atoms with E-state index in [0.717, 1.165) is 55.2 Å². The van der Waals surface area contributed by atoms with Crippen LogP contribution in [0.4, 0.5) is 5.69 Å². The lowest BCUT2D eigenvalue weighted by Gasteiger charge is -2.34. The SMILES string of the molecule is CCn1c2ccccc2c2cc(NC(=O)C(=O)N3CCC(N4CCC(N)CC4)C3)ccc21. The zero-order chi connectivity index (χ0) is 22.2. The minimum Gasteiger partial charge on any atom is -0.341 e. The van der Waals surface area contributed by atoms with E-state index in [1.54, 1.807) is 4.90 Å². The number of fused-ring (bicyclic) bond motifs is 3. The average molecular weight is 434 g/mol. The fourth-order valence-corrected chi connectivity index (χ4v) is 5.31. The Balaban J connectivity index is 1.28. The Bertz CT molecular complexity index is 1160. The molecule has 2 saturated heterocycles. The zero-order valence-electron chi connectivity index (χ0n) is 18.6. The van der Waals surface area contributed by atoms with Gasteiger partial charge in [-0.05, 0) is 63.5 Å². The van der Waals surface area contributed by atoms with Crippen LogP contribution in [0, 0.1) is 0 Å². The Morgan fingerprint density at radius 1 is 1.00 bits per heavy atom. The number of nitrogens with one attached hydrogen (secondary N) is 1. The minimum absolute atomic E-state index is 0.292. The summed E-state index contributed by atoms with van der Waals surface area (Å²) in [5, 5.41) is 5.06. The smallest absolute Gasteiger partial charge is 0.313 e. The Hall–Kier alpha value is -2.90. The Morgan fingerprint density at radius 3 is 2.53 bits per heavy atom. The van der Waals surface area contributed by atoms with Crippen LogP contribution in [0.2, 0.25) is 0 Å². The summed E-state index contributed by atoms with van der Waals surface area (Å²) in [5.41, 5.74) is 8.96.